The van der Waals surface area contributed by atoms with Crippen LogP contribution in [0.2, 0.25) is 0 Å². The van der Waals surface area contributed by atoms with E-state index >= 15 is 0 Å². The number of carbonyl (C=O) groups is 12. The van der Waals surface area contributed by atoms with Gasteiger partial charge in [0.1, 0.15) is 0 Å². The number of aliphatic hydroxyl groups excluding tert-OH is 3. The first-order valence-corrected chi connectivity index (χ1v) is 30.5. The van der Waals surface area contributed by atoms with Crippen LogP contribution in [0.4, 0.5) is 0 Å². The predicted octanol–water partition coefficient (Wildman–Crippen LogP) is -11.1. The van der Waals surface area contributed by atoms with Crippen LogP contribution in [0.3, 0.4) is 0 Å². The molecule has 0 aromatic rings. The highest BCUT2D eigenvalue weighted by Crippen LogP contribution is 2.07. The van der Waals surface area contributed by atoms with E-state index in [2.05, 4.69) is 0 Å². The summed E-state index contributed by atoms with van der Waals surface area (Å²) in [7, 11) is 0. The van der Waals surface area contributed by atoms with Gasteiger partial charge in [-0.3, -0.25) is 121 Å². The molecule has 0 aromatic heterocycles. The normalized spacial score (nSPS) is 12.2. The van der Waals surface area contributed by atoms with Crippen molar-refractivity contribution in [3.8, 4) is 0 Å². The number of aliphatic hydroxyl groups is 6. The van der Waals surface area contributed by atoms with Crippen LogP contribution in [0.25, 0.3) is 0 Å². The molecule has 0 aliphatic heterocycles. The van der Waals surface area contributed by atoms with E-state index in [0.29, 0.717) is 0 Å². The lowest BCUT2D eigenvalue weighted by molar-refractivity contribution is -0.144. The van der Waals surface area contributed by atoms with Crippen LogP contribution in [0.1, 0.15) is 0 Å². The molecule has 0 aliphatic carbocycles. The molecule has 0 amide bonds. The zero-order valence-electron chi connectivity index (χ0n) is 54.1. The molecule has 0 radical (unpaired) electrons. The van der Waals surface area contributed by atoms with E-state index in [-0.39, 0.29) is 157 Å². The van der Waals surface area contributed by atoms with Crippen LogP contribution in [-0.2, 0) is 57.5 Å². The van der Waals surface area contributed by atoms with Gasteiger partial charge in [-0.05, 0) is 0 Å². The summed E-state index contributed by atoms with van der Waals surface area (Å²) in [6, 6.07) is 0. The van der Waals surface area contributed by atoms with Gasteiger partial charge in [-0.25, -0.2) is 0 Å². The van der Waals surface area contributed by atoms with Crippen LogP contribution in [0.5, 0.6) is 0 Å². The van der Waals surface area contributed by atoms with E-state index in [9.17, 15) is 149 Å². The molecule has 0 atom stereocenters. The fourth-order valence-corrected chi connectivity index (χ4v) is 9.88. The van der Waals surface area contributed by atoms with Gasteiger partial charge >= 0.3 is 71.6 Å². The van der Waals surface area contributed by atoms with Crippen molar-refractivity contribution in [3.63, 3.8) is 0 Å². The SMILES string of the molecule is O=C(O)CN(CCN(CCN(CCN(CCN(CC(=O)O)CC(=O)O)CCN(CC(=O)O)CC(O)O)CCN(CCN(CC(=O)O)CC(O)O)CC(=O)O)CCN(CCN(CC(=O)O)CC(O)O)CC(=O)O)CCN(CCN(CC(=O)O)CC(=O)O)CCN(CC(=O)O)CC(=O)O. The average Bonchev–Trinajstić information content (AvgIpc) is 1.16. The summed E-state index contributed by atoms with van der Waals surface area (Å²) in [5.41, 5.74) is 0. The molecule has 0 rings (SSSR count). The molecule has 0 saturated carbocycles. The molecule has 97 heavy (non-hydrogen) atoms. The van der Waals surface area contributed by atoms with Crippen molar-refractivity contribution >= 4 is 71.6 Å². The summed E-state index contributed by atoms with van der Waals surface area (Å²) in [5.74, 6) is -16.2. The van der Waals surface area contributed by atoms with Gasteiger partial charge < -0.3 is 91.9 Å². The molecule has 0 spiro atoms. The van der Waals surface area contributed by atoms with Gasteiger partial charge in [-0.2, -0.15) is 0 Å². The second-order valence-electron chi connectivity index (χ2n) is 22.7. The number of carboxylic acids is 12. The topological polar surface area (TPSA) is 611 Å². The maximum Gasteiger partial charge on any atom is 0.317 e. The van der Waals surface area contributed by atoms with Crippen molar-refractivity contribution in [2.75, 3.05) is 255 Å². The molecule has 0 heterocycles. The zero-order chi connectivity index (χ0) is 73.7. The molecular weight excluding hydrogens is 1310 g/mol. The van der Waals surface area contributed by atoms with E-state index in [1.165, 1.54) is 19.6 Å². The average molecular weight is 1410 g/mol. The van der Waals surface area contributed by atoms with Crippen molar-refractivity contribution in [2.24, 2.45) is 0 Å². The van der Waals surface area contributed by atoms with Crippen LogP contribution in [0, 0.1) is 0 Å². The third-order valence-electron chi connectivity index (χ3n) is 14.4. The Hall–Kier alpha value is -7.12. The van der Waals surface area contributed by atoms with Gasteiger partial charge in [-0.1, -0.05) is 0 Å². The molecule has 560 valence electrons. The van der Waals surface area contributed by atoms with E-state index in [0.717, 1.165) is 24.5 Å². The number of carboxylic acid groups (broad SMARTS) is 12. The van der Waals surface area contributed by atoms with Crippen molar-refractivity contribution in [2.45, 2.75) is 18.9 Å². The number of hydrogen-bond donors (Lipinski definition) is 18. The second kappa shape index (κ2) is 51.1. The Bertz CT molecular complexity index is 2320. The van der Waals surface area contributed by atoms with Gasteiger partial charge in [0.15, 0.2) is 18.9 Å². The van der Waals surface area contributed by atoms with Crippen molar-refractivity contribution in [3.05, 3.63) is 0 Å². The molecule has 0 aromatic carbocycles. The summed E-state index contributed by atoms with van der Waals surface area (Å²) in [4.78, 5) is 160. The van der Waals surface area contributed by atoms with E-state index < -0.39 is 189 Å². The van der Waals surface area contributed by atoms with E-state index in [4.69, 9.17) is 0 Å². The number of aliphatic carboxylic acids is 12. The third kappa shape index (κ3) is 52.7. The molecular formula is C54H99N13O30. The third-order valence-corrected chi connectivity index (χ3v) is 14.4. The molecule has 43 heteroatoms. The van der Waals surface area contributed by atoms with Gasteiger partial charge in [0.05, 0.1) is 78.5 Å². The number of nitrogens with zero attached hydrogens (tertiary/aromatic N) is 13. The Morgan fingerprint density at radius 3 is 0.371 bits per heavy atom. The highest BCUT2D eigenvalue weighted by molar-refractivity contribution is 5.74. The molecule has 0 unspecified atom stereocenters. The number of hydrogen-bond acceptors (Lipinski definition) is 31. The van der Waals surface area contributed by atoms with Crippen LogP contribution in [0.15, 0.2) is 0 Å². The van der Waals surface area contributed by atoms with E-state index in [1.807, 2.05) is 0 Å². The first-order chi connectivity index (χ1) is 45.4. The Balaban J connectivity index is 7.98. The minimum atomic E-state index is -1.99. The molecule has 0 bridgehead atoms. The lowest BCUT2D eigenvalue weighted by Gasteiger charge is -2.35. The number of rotatable bonds is 66. The monoisotopic (exact) mass is 1410 g/mol. The molecule has 0 aliphatic rings. The first kappa shape index (κ1) is 89.9. The summed E-state index contributed by atoms with van der Waals surface area (Å²) in [6.45, 7) is -12.2. The first-order valence-electron chi connectivity index (χ1n) is 30.5. The maximum atomic E-state index is 12.5. The summed E-state index contributed by atoms with van der Waals surface area (Å²) >= 11 is 0. The Morgan fingerprint density at radius 1 is 0.155 bits per heavy atom. The fourth-order valence-electron chi connectivity index (χ4n) is 9.88. The summed E-state index contributed by atoms with van der Waals surface area (Å²) in [5, 5.41) is 174. The van der Waals surface area contributed by atoms with E-state index in [1.54, 1.807) is 19.6 Å². The van der Waals surface area contributed by atoms with Crippen LogP contribution < -0.4 is 0 Å². The van der Waals surface area contributed by atoms with Crippen LogP contribution >= 0.6 is 0 Å². The predicted molar refractivity (Wildman–Crippen MR) is 330 cm³/mol. The van der Waals surface area contributed by atoms with Crippen molar-refractivity contribution in [1.82, 2.24) is 63.7 Å². The molecule has 18 N–H and O–H groups in total. The minimum absolute atomic E-state index is 0.00137. The van der Waals surface area contributed by atoms with Gasteiger partial charge in [0, 0.05) is 177 Å². The minimum Gasteiger partial charge on any atom is -0.480 e. The van der Waals surface area contributed by atoms with Gasteiger partial charge in [0.2, 0.25) is 0 Å². The van der Waals surface area contributed by atoms with Crippen molar-refractivity contribution < 1.29 is 149 Å². The smallest absolute Gasteiger partial charge is 0.317 e. The van der Waals surface area contributed by atoms with Crippen LogP contribution in [-0.4, -0.2) is 501 Å². The summed E-state index contributed by atoms with van der Waals surface area (Å²) < 4.78 is 0. The maximum absolute atomic E-state index is 12.5. The molecule has 0 fully saturated rings. The second-order valence-corrected chi connectivity index (χ2v) is 22.7. The fraction of sp³-hybridized carbons (Fsp3) is 0.778. The molecule has 0 saturated heterocycles. The highest BCUT2D eigenvalue weighted by atomic mass is 16.5. The van der Waals surface area contributed by atoms with Gasteiger partial charge in [0.25, 0.3) is 0 Å². The lowest BCUT2D eigenvalue weighted by atomic mass is 10.3. The summed E-state index contributed by atoms with van der Waals surface area (Å²) in [6.07, 6.45) is -5.95. The Labute approximate surface area is 557 Å². The quantitative estimate of drug-likeness (QED) is 0.0251. The zero-order valence-corrected chi connectivity index (χ0v) is 54.1. The van der Waals surface area contributed by atoms with Gasteiger partial charge in [-0.15, -0.1) is 0 Å². The lowest BCUT2D eigenvalue weighted by Crippen LogP contribution is -2.50. The highest BCUT2D eigenvalue weighted by Gasteiger charge is 2.26. The Kier molecular flexibility index (Phi) is 47.4. The standard InChI is InChI=1S/C54H99N13O30/c68-40(69)25-59(14-8-58(11-21-64(32-47(82)83)33-48(84)85)12-22-65(34-49(86)87)35-50(88)89)13-6-56(7-16-61(27-42(72)73)18-24-67(38-53(94)95)39-54(96)97)3-1-55(5-15-60(26-41(70)71)17-23-66(36-51(90)91)37-52(92)93)2-4-57(9-19-62(28-43(74)75)29-44(76)77)10-20-63(30-45(78)79)31-46(80)81/h43,51,53,74-75,90-91,94-95H,1-39H2,(H,68,69)(H,70,71)(H,72,73)(H,76,77)(H,78,79)(H,80,81)(H,82,83)(H,84,85)(H,86,87)(H,88,89)(H,92,93)(H,96,97). The molecule has 43 nitrogen and oxygen atoms in total. The Morgan fingerprint density at radius 2 is 0.247 bits per heavy atom. The van der Waals surface area contributed by atoms with Crippen molar-refractivity contribution in [1.29, 1.82) is 0 Å². The largest absolute Gasteiger partial charge is 0.480 e.